The average molecular weight is 344 g/mol. The van der Waals surface area contributed by atoms with E-state index in [9.17, 15) is 0 Å². The number of nitrogens with one attached hydrogen (secondary N) is 2. The lowest BCUT2D eigenvalue weighted by molar-refractivity contribution is 0.0698. The van der Waals surface area contributed by atoms with Crippen LogP contribution in [0.1, 0.15) is 19.0 Å². The molecule has 1 aromatic heterocycles. The van der Waals surface area contributed by atoms with Crippen LogP contribution in [0.4, 0.5) is 0 Å². The summed E-state index contributed by atoms with van der Waals surface area (Å²) in [6.07, 6.45) is 2.76. The van der Waals surface area contributed by atoms with Crippen molar-refractivity contribution >= 4 is 16.7 Å². The second kappa shape index (κ2) is 11.4. The zero-order chi connectivity index (χ0) is 17.7. The zero-order valence-corrected chi connectivity index (χ0v) is 15.1. The third-order valence-corrected chi connectivity index (χ3v) is 3.68. The van der Waals surface area contributed by atoms with Crippen molar-refractivity contribution in [2.75, 3.05) is 40.0 Å². The first-order valence-corrected chi connectivity index (χ1v) is 8.76. The van der Waals surface area contributed by atoms with E-state index in [0.717, 1.165) is 36.6 Å². The number of hydrogen-bond donors (Lipinski definition) is 2. The average Bonchev–Trinajstić information content (AvgIpc) is 2.65. The van der Waals surface area contributed by atoms with Crippen LogP contribution in [0.5, 0.6) is 0 Å². The summed E-state index contributed by atoms with van der Waals surface area (Å²) in [6.45, 7) is 6.21. The molecule has 0 bridgehead atoms. The summed E-state index contributed by atoms with van der Waals surface area (Å²) in [5.74, 6) is 0.800. The first-order chi connectivity index (χ1) is 12.3. The van der Waals surface area contributed by atoms with Crippen LogP contribution < -0.4 is 10.6 Å². The zero-order valence-electron chi connectivity index (χ0n) is 15.1. The summed E-state index contributed by atoms with van der Waals surface area (Å²) in [5.41, 5.74) is 0.984. The fourth-order valence-corrected chi connectivity index (χ4v) is 2.43. The highest BCUT2D eigenvalue weighted by Gasteiger charge is 2.02. The van der Waals surface area contributed by atoms with Crippen LogP contribution in [0.3, 0.4) is 0 Å². The molecule has 0 amide bonds. The number of fused-ring (bicyclic) bond motifs is 1. The Morgan fingerprint density at radius 3 is 2.84 bits per heavy atom. The standard InChI is InChI=1S/C19H28N4O2/c1-3-20-19(22-10-6-12-25-14-13-24-2)23-15-18-17-8-5-4-7-16(17)9-11-21-18/h4-5,7-9,11H,3,6,10,12-15H2,1-2H3,(H2,20,22,23). The summed E-state index contributed by atoms with van der Waals surface area (Å²) >= 11 is 0. The van der Waals surface area contributed by atoms with E-state index in [0.29, 0.717) is 26.4 Å². The molecule has 0 atom stereocenters. The van der Waals surface area contributed by atoms with E-state index < -0.39 is 0 Å². The highest BCUT2D eigenvalue weighted by molar-refractivity contribution is 5.85. The van der Waals surface area contributed by atoms with Crippen molar-refractivity contribution in [3.63, 3.8) is 0 Å². The fourth-order valence-electron chi connectivity index (χ4n) is 2.43. The largest absolute Gasteiger partial charge is 0.382 e. The molecule has 0 fully saturated rings. The molecule has 0 saturated carbocycles. The number of methoxy groups -OCH3 is 1. The summed E-state index contributed by atoms with van der Waals surface area (Å²) in [5, 5.41) is 8.93. The second-order valence-corrected chi connectivity index (χ2v) is 5.56. The molecule has 6 heteroatoms. The quantitative estimate of drug-likeness (QED) is 0.393. The summed E-state index contributed by atoms with van der Waals surface area (Å²) in [6, 6.07) is 10.3. The monoisotopic (exact) mass is 344 g/mol. The number of aromatic nitrogens is 1. The Hall–Kier alpha value is -2.18. The van der Waals surface area contributed by atoms with Gasteiger partial charge in [0.2, 0.25) is 0 Å². The number of ether oxygens (including phenoxy) is 2. The Bertz CT molecular complexity index is 655. The van der Waals surface area contributed by atoms with Crippen molar-refractivity contribution in [3.05, 3.63) is 42.2 Å². The van der Waals surface area contributed by atoms with Gasteiger partial charge in [-0.3, -0.25) is 4.98 Å². The number of aliphatic imine (C=N–C) groups is 1. The van der Waals surface area contributed by atoms with Crippen molar-refractivity contribution in [2.45, 2.75) is 19.9 Å². The molecule has 0 spiro atoms. The maximum Gasteiger partial charge on any atom is 0.191 e. The van der Waals surface area contributed by atoms with Gasteiger partial charge in [-0.25, -0.2) is 4.99 Å². The molecule has 2 N–H and O–H groups in total. The Balaban J connectivity index is 1.86. The minimum atomic E-state index is 0.543. The number of pyridine rings is 1. The van der Waals surface area contributed by atoms with Gasteiger partial charge in [0.1, 0.15) is 0 Å². The van der Waals surface area contributed by atoms with Crippen LogP contribution >= 0.6 is 0 Å². The normalized spacial score (nSPS) is 11.7. The van der Waals surface area contributed by atoms with E-state index in [2.05, 4.69) is 39.7 Å². The lowest BCUT2D eigenvalue weighted by Gasteiger charge is -2.11. The molecule has 2 rings (SSSR count). The third-order valence-electron chi connectivity index (χ3n) is 3.68. The molecule has 0 aliphatic rings. The van der Waals surface area contributed by atoms with Crippen LogP contribution in [-0.4, -0.2) is 51.0 Å². The van der Waals surface area contributed by atoms with Crippen LogP contribution in [0.2, 0.25) is 0 Å². The van der Waals surface area contributed by atoms with Crippen molar-refractivity contribution in [3.8, 4) is 0 Å². The van der Waals surface area contributed by atoms with Crippen molar-refractivity contribution in [1.29, 1.82) is 0 Å². The SMILES string of the molecule is CCNC(=NCc1nccc2ccccc12)NCCCOCCOC. The van der Waals surface area contributed by atoms with Gasteiger partial charge in [-0.2, -0.15) is 0 Å². The number of rotatable bonds is 10. The molecule has 0 saturated heterocycles. The molecular formula is C19H28N4O2. The number of nitrogens with zero attached hydrogens (tertiary/aromatic N) is 2. The van der Waals surface area contributed by atoms with Gasteiger partial charge in [-0.1, -0.05) is 24.3 Å². The van der Waals surface area contributed by atoms with E-state index in [1.807, 2.05) is 24.4 Å². The maximum atomic E-state index is 5.46. The molecule has 2 aromatic rings. The van der Waals surface area contributed by atoms with Crippen LogP contribution in [0.15, 0.2) is 41.5 Å². The Morgan fingerprint density at radius 1 is 1.12 bits per heavy atom. The van der Waals surface area contributed by atoms with Gasteiger partial charge >= 0.3 is 0 Å². The molecule has 136 valence electrons. The topological polar surface area (TPSA) is 67.8 Å². The van der Waals surface area contributed by atoms with Gasteiger partial charge in [0, 0.05) is 38.4 Å². The summed E-state index contributed by atoms with van der Waals surface area (Å²) in [4.78, 5) is 9.13. The van der Waals surface area contributed by atoms with E-state index in [-0.39, 0.29) is 0 Å². The fraction of sp³-hybridized carbons (Fsp3) is 0.474. The first kappa shape index (κ1) is 19.1. The van der Waals surface area contributed by atoms with Gasteiger partial charge in [0.25, 0.3) is 0 Å². The molecule has 0 aliphatic carbocycles. The van der Waals surface area contributed by atoms with Gasteiger partial charge in [0.05, 0.1) is 25.5 Å². The number of hydrogen-bond acceptors (Lipinski definition) is 4. The summed E-state index contributed by atoms with van der Waals surface area (Å²) < 4.78 is 10.4. The molecule has 6 nitrogen and oxygen atoms in total. The minimum absolute atomic E-state index is 0.543. The molecule has 0 radical (unpaired) electrons. The lowest BCUT2D eigenvalue weighted by Crippen LogP contribution is -2.38. The van der Waals surface area contributed by atoms with Crippen LogP contribution in [0.25, 0.3) is 10.8 Å². The highest BCUT2D eigenvalue weighted by atomic mass is 16.5. The minimum Gasteiger partial charge on any atom is -0.382 e. The van der Waals surface area contributed by atoms with Gasteiger partial charge in [-0.05, 0) is 24.8 Å². The Labute approximate surface area is 149 Å². The van der Waals surface area contributed by atoms with Gasteiger partial charge in [-0.15, -0.1) is 0 Å². The molecule has 25 heavy (non-hydrogen) atoms. The van der Waals surface area contributed by atoms with E-state index in [1.54, 1.807) is 7.11 Å². The lowest BCUT2D eigenvalue weighted by atomic mass is 10.1. The molecule has 1 aromatic carbocycles. The number of guanidine groups is 1. The predicted octanol–water partition coefficient (Wildman–Crippen LogP) is 2.34. The van der Waals surface area contributed by atoms with Gasteiger partial charge in [0.15, 0.2) is 5.96 Å². The molecule has 0 unspecified atom stereocenters. The van der Waals surface area contributed by atoms with Crippen LogP contribution in [0, 0.1) is 0 Å². The van der Waals surface area contributed by atoms with Gasteiger partial charge < -0.3 is 20.1 Å². The van der Waals surface area contributed by atoms with E-state index >= 15 is 0 Å². The van der Waals surface area contributed by atoms with Crippen molar-refractivity contribution in [1.82, 2.24) is 15.6 Å². The van der Waals surface area contributed by atoms with E-state index in [1.165, 1.54) is 5.39 Å². The molecule has 0 aliphatic heterocycles. The smallest absolute Gasteiger partial charge is 0.191 e. The Kier molecular flexibility index (Phi) is 8.72. The summed E-state index contributed by atoms with van der Waals surface area (Å²) in [7, 11) is 1.68. The highest BCUT2D eigenvalue weighted by Crippen LogP contribution is 2.16. The van der Waals surface area contributed by atoms with Crippen molar-refractivity contribution in [2.24, 2.45) is 4.99 Å². The third kappa shape index (κ3) is 6.68. The molecular weight excluding hydrogens is 316 g/mol. The maximum absolute atomic E-state index is 5.46. The van der Waals surface area contributed by atoms with E-state index in [4.69, 9.17) is 9.47 Å². The number of benzene rings is 1. The predicted molar refractivity (Wildman–Crippen MR) is 102 cm³/mol. The first-order valence-electron chi connectivity index (χ1n) is 8.76. The second-order valence-electron chi connectivity index (χ2n) is 5.56. The molecule has 1 heterocycles. The van der Waals surface area contributed by atoms with Crippen molar-refractivity contribution < 1.29 is 9.47 Å². The Morgan fingerprint density at radius 2 is 2.00 bits per heavy atom. The van der Waals surface area contributed by atoms with Crippen LogP contribution in [-0.2, 0) is 16.0 Å².